The fraction of sp³-hybridized carbons (Fsp3) is 0.773. The van der Waals surface area contributed by atoms with Gasteiger partial charge in [-0.2, -0.15) is 0 Å². The second kappa shape index (κ2) is 18.1. The van der Waals surface area contributed by atoms with E-state index in [1.165, 1.54) is 96.1 Å². The molecule has 0 aromatic carbocycles. The van der Waals surface area contributed by atoms with Crippen LogP contribution in [0.2, 0.25) is 0 Å². The summed E-state index contributed by atoms with van der Waals surface area (Å²) in [4.78, 5) is 0. The van der Waals surface area contributed by atoms with Crippen molar-refractivity contribution >= 4 is 10.4 Å². The number of nitrogens with zero attached hydrogens (tertiary/aromatic N) is 1. The third-order valence-corrected chi connectivity index (χ3v) is 5.06. The van der Waals surface area contributed by atoms with Gasteiger partial charge < -0.3 is 4.55 Å². The van der Waals surface area contributed by atoms with Crippen LogP contribution in [0.15, 0.2) is 24.5 Å². The molecule has 0 fully saturated rings. The minimum Gasteiger partial charge on any atom is -0.726 e. The van der Waals surface area contributed by atoms with Gasteiger partial charge in [0.15, 0.2) is 12.4 Å². The van der Waals surface area contributed by atoms with E-state index in [1.54, 1.807) is 0 Å². The number of unbranched alkanes of at least 4 members (excludes halogenated alkanes) is 11. The first-order valence-electron chi connectivity index (χ1n) is 10.9. The van der Waals surface area contributed by atoms with Gasteiger partial charge in [0.25, 0.3) is 0 Å². The van der Waals surface area contributed by atoms with E-state index in [4.69, 9.17) is 0 Å². The van der Waals surface area contributed by atoms with Gasteiger partial charge in [-0.25, -0.2) is 13.0 Å². The van der Waals surface area contributed by atoms with Gasteiger partial charge >= 0.3 is 0 Å². The van der Waals surface area contributed by atoms with Gasteiger partial charge in [0.05, 0.1) is 6.61 Å². The number of aromatic nitrogens is 1. The number of aryl methyl sites for hydroxylation is 2. The molecule has 0 amide bonds. The van der Waals surface area contributed by atoms with Crippen molar-refractivity contribution < 1.29 is 21.7 Å². The average molecular weight is 416 g/mol. The smallest absolute Gasteiger partial charge is 0.217 e. The van der Waals surface area contributed by atoms with Gasteiger partial charge in [0.2, 0.25) is 10.4 Å². The second-order valence-electron chi connectivity index (χ2n) is 7.32. The van der Waals surface area contributed by atoms with Crippen LogP contribution >= 0.6 is 0 Å². The predicted octanol–water partition coefficient (Wildman–Crippen LogP) is 5.47. The molecule has 0 saturated heterocycles. The Labute approximate surface area is 173 Å². The minimum atomic E-state index is -4.42. The second-order valence-corrected chi connectivity index (χ2v) is 8.38. The maximum Gasteiger partial charge on any atom is 0.217 e. The fourth-order valence-electron chi connectivity index (χ4n) is 3.07. The van der Waals surface area contributed by atoms with Gasteiger partial charge in [-0.1, -0.05) is 71.1 Å². The lowest BCUT2D eigenvalue weighted by atomic mass is 10.1. The molecule has 5 nitrogen and oxygen atoms in total. The van der Waals surface area contributed by atoms with Crippen LogP contribution in [0.1, 0.15) is 96.5 Å². The van der Waals surface area contributed by atoms with Crippen LogP contribution in [0, 0.1) is 6.92 Å². The molecule has 6 heteroatoms. The topological polar surface area (TPSA) is 70.3 Å². The molecule has 1 rings (SSSR count). The van der Waals surface area contributed by atoms with Crippen molar-refractivity contribution in [2.75, 3.05) is 6.61 Å². The standard InChI is InChI=1S/C20H36N.C2H6O4S/c1-3-4-5-6-7-8-9-10-11-12-13-14-17-21-18-15-16-20(2)19-21;1-2-6-7(3,4)5/h15-16,18-19H,3-14,17H2,1-2H3;2H2,1H3,(H,3,4,5)/q+1;/p-1. The van der Waals surface area contributed by atoms with Crippen LogP contribution < -0.4 is 4.57 Å². The molecule has 0 spiro atoms. The Morgan fingerprint density at radius 3 is 1.79 bits per heavy atom. The van der Waals surface area contributed by atoms with E-state index in [-0.39, 0.29) is 6.61 Å². The molecule has 1 aromatic rings. The quantitative estimate of drug-likeness (QED) is 0.165. The van der Waals surface area contributed by atoms with E-state index < -0.39 is 10.4 Å². The highest BCUT2D eigenvalue weighted by Crippen LogP contribution is 2.11. The highest BCUT2D eigenvalue weighted by atomic mass is 32.3. The summed E-state index contributed by atoms with van der Waals surface area (Å²) in [5, 5.41) is 0. The summed E-state index contributed by atoms with van der Waals surface area (Å²) in [6, 6.07) is 4.31. The largest absolute Gasteiger partial charge is 0.726 e. The van der Waals surface area contributed by atoms with Gasteiger partial charge in [-0.3, -0.25) is 4.18 Å². The maximum atomic E-state index is 9.45. The molecule has 28 heavy (non-hydrogen) atoms. The van der Waals surface area contributed by atoms with Gasteiger partial charge in [0.1, 0.15) is 6.54 Å². The third kappa shape index (κ3) is 19.8. The number of hydrogen-bond acceptors (Lipinski definition) is 4. The van der Waals surface area contributed by atoms with E-state index in [0.717, 1.165) is 0 Å². The number of pyridine rings is 1. The van der Waals surface area contributed by atoms with Crippen LogP contribution in [-0.4, -0.2) is 19.6 Å². The molecule has 0 aliphatic rings. The Morgan fingerprint density at radius 1 is 0.893 bits per heavy atom. The minimum absolute atomic E-state index is 0.0914. The summed E-state index contributed by atoms with van der Waals surface area (Å²) in [5.41, 5.74) is 1.36. The molecule has 0 bridgehead atoms. The van der Waals surface area contributed by atoms with Crippen molar-refractivity contribution in [3.8, 4) is 0 Å². The van der Waals surface area contributed by atoms with Crippen molar-refractivity contribution in [3.05, 3.63) is 30.1 Å². The van der Waals surface area contributed by atoms with Crippen LogP contribution in [0.4, 0.5) is 0 Å². The zero-order valence-electron chi connectivity index (χ0n) is 18.2. The maximum absolute atomic E-state index is 9.45. The molecule has 164 valence electrons. The van der Waals surface area contributed by atoms with Crippen molar-refractivity contribution in [1.82, 2.24) is 0 Å². The van der Waals surface area contributed by atoms with Crippen molar-refractivity contribution in [2.45, 2.75) is 104 Å². The summed E-state index contributed by atoms with van der Waals surface area (Å²) in [6.07, 6.45) is 21.5. The van der Waals surface area contributed by atoms with E-state index in [0.29, 0.717) is 0 Å². The van der Waals surface area contributed by atoms with E-state index >= 15 is 0 Å². The predicted molar refractivity (Wildman–Crippen MR) is 114 cm³/mol. The average Bonchev–Trinajstić information content (AvgIpc) is 2.62. The van der Waals surface area contributed by atoms with Gasteiger partial charge in [-0.15, -0.1) is 0 Å². The molecule has 0 aliphatic carbocycles. The van der Waals surface area contributed by atoms with Crippen molar-refractivity contribution in [2.24, 2.45) is 0 Å². The SMILES string of the molecule is CCCCCCCCCCCCCC[n+]1cccc(C)c1.CCOS(=O)(=O)[O-]. The fourth-order valence-corrected chi connectivity index (χ4v) is 3.36. The molecular formula is C22H41NO4S. The lowest BCUT2D eigenvalue weighted by Crippen LogP contribution is -2.32. The van der Waals surface area contributed by atoms with Gasteiger partial charge in [-0.05, 0) is 26.3 Å². The Kier molecular flexibility index (Phi) is 17.4. The van der Waals surface area contributed by atoms with E-state index in [1.807, 2.05) is 0 Å². The van der Waals surface area contributed by atoms with Crippen LogP contribution in [-0.2, 0) is 21.1 Å². The monoisotopic (exact) mass is 415 g/mol. The molecule has 0 saturated carbocycles. The lowest BCUT2D eigenvalue weighted by Gasteiger charge is -2.02. The molecule has 0 aliphatic heterocycles. The summed E-state index contributed by atoms with van der Waals surface area (Å²) in [6.45, 7) is 6.97. The molecular weight excluding hydrogens is 374 g/mol. The third-order valence-electron chi connectivity index (χ3n) is 4.54. The van der Waals surface area contributed by atoms with E-state index in [2.05, 4.69) is 47.1 Å². The zero-order chi connectivity index (χ0) is 21.1. The Bertz CT molecular complexity index is 576. The van der Waals surface area contributed by atoms with Crippen LogP contribution in [0.3, 0.4) is 0 Å². The normalized spacial score (nSPS) is 11.1. The lowest BCUT2D eigenvalue weighted by molar-refractivity contribution is -0.697. The molecule has 0 unspecified atom stereocenters. The van der Waals surface area contributed by atoms with Crippen molar-refractivity contribution in [3.63, 3.8) is 0 Å². The summed E-state index contributed by atoms with van der Waals surface area (Å²) in [5.74, 6) is 0. The van der Waals surface area contributed by atoms with E-state index in [9.17, 15) is 13.0 Å². The first-order valence-corrected chi connectivity index (χ1v) is 12.3. The molecule has 0 atom stereocenters. The first-order chi connectivity index (χ1) is 13.4. The summed E-state index contributed by atoms with van der Waals surface area (Å²) in [7, 11) is -4.42. The van der Waals surface area contributed by atoms with Crippen LogP contribution in [0.25, 0.3) is 0 Å². The highest BCUT2D eigenvalue weighted by Gasteiger charge is 2.00. The Hall–Kier alpha value is -0.980. The molecule has 0 radical (unpaired) electrons. The van der Waals surface area contributed by atoms with Crippen LogP contribution in [0.5, 0.6) is 0 Å². The van der Waals surface area contributed by atoms with Gasteiger partial charge in [0, 0.05) is 18.1 Å². The molecule has 1 aromatic heterocycles. The Morgan fingerprint density at radius 2 is 1.39 bits per heavy atom. The number of rotatable bonds is 15. The highest BCUT2D eigenvalue weighted by molar-refractivity contribution is 7.80. The molecule has 0 N–H and O–H groups in total. The van der Waals surface area contributed by atoms with Crippen molar-refractivity contribution in [1.29, 1.82) is 0 Å². The molecule has 1 heterocycles. The number of hydrogen-bond donors (Lipinski definition) is 0. The summed E-state index contributed by atoms with van der Waals surface area (Å²) < 4.78 is 34.3. The first kappa shape index (κ1) is 27.0. The summed E-state index contributed by atoms with van der Waals surface area (Å²) >= 11 is 0. The zero-order valence-corrected chi connectivity index (χ0v) is 19.0. The Balaban J connectivity index is 0.000000887.